The summed E-state index contributed by atoms with van der Waals surface area (Å²) in [6.07, 6.45) is 4.37. The molecule has 0 bridgehead atoms. The van der Waals surface area contributed by atoms with E-state index in [1.165, 1.54) is 5.56 Å². The van der Waals surface area contributed by atoms with E-state index in [9.17, 15) is 0 Å². The Balaban J connectivity index is 0.00000242. The number of guanidine groups is 1. The Hall–Kier alpha value is -1.83. The number of aromatic nitrogens is 1. The van der Waals surface area contributed by atoms with Gasteiger partial charge >= 0.3 is 0 Å². The van der Waals surface area contributed by atoms with Gasteiger partial charge in [0.1, 0.15) is 12.4 Å². The Morgan fingerprint density at radius 1 is 1.32 bits per heavy atom. The summed E-state index contributed by atoms with van der Waals surface area (Å²) < 4.78 is 5.49. The number of hydrogen-bond acceptors (Lipinski definition) is 3. The SMILES string of the molecule is CCc1cccc(NC(N)=NCCOc2cccnc2)c1.I. The van der Waals surface area contributed by atoms with Crippen molar-refractivity contribution in [1.82, 2.24) is 4.98 Å². The van der Waals surface area contributed by atoms with E-state index in [4.69, 9.17) is 10.5 Å². The van der Waals surface area contributed by atoms with E-state index < -0.39 is 0 Å². The van der Waals surface area contributed by atoms with Crippen LogP contribution in [0, 0.1) is 0 Å². The molecule has 3 N–H and O–H groups in total. The fraction of sp³-hybridized carbons (Fsp3) is 0.250. The number of hydrogen-bond donors (Lipinski definition) is 2. The Morgan fingerprint density at radius 3 is 2.91 bits per heavy atom. The molecule has 0 amide bonds. The maximum atomic E-state index is 5.85. The maximum Gasteiger partial charge on any atom is 0.193 e. The zero-order valence-electron chi connectivity index (χ0n) is 12.5. The number of ether oxygens (including phenoxy) is 1. The summed E-state index contributed by atoms with van der Waals surface area (Å²) in [5, 5.41) is 3.08. The molecular formula is C16H21IN4O. The van der Waals surface area contributed by atoms with Crippen LogP contribution in [0.3, 0.4) is 0 Å². The van der Waals surface area contributed by atoms with Crippen molar-refractivity contribution in [2.45, 2.75) is 13.3 Å². The number of aliphatic imine (C=N–C) groups is 1. The molecule has 0 spiro atoms. The zero-order chi connectivity index (χ0) is 14.9. The minimum Gasteiger partial charge on any atom is -0.490 e. The predicted octanol–water partition coefficient (Wildman–Crippen LogP) is 3.07. The summed E-state index contributed by atoms with van der Waals surface area (Å²) in [4.78, 5) is 8.20. The molecule has 0 unspecified atom stereocenters. The van der Waals surface area contributed by atoms with Gasteiger partial charge in [-0.1, -0.05) is 19.1 Å². The maximum absolute atomic E-state index is 5.85. The lowest BCUT2D eigenvalue weighted by atomic mass is 10.1. The standard InChI is InChI=1S/C16H20N4O.HI/c1-2-13-5-3-6-14(11-13)20-16(17)19-9-10-21-15-7-4-8-18-12-15;/h3-8,11-12H,2,9-10H2,1H3,(H3,17,19,20);1H. The van der Waals surface area contributed by atoms with Crippen molar-refractivity contribution < 1.29 is 4.74 Å². The number of nitrogens with two attached hydrogens (primary N) is 1. The van der Waals surface area contributed by atoms with Crippen molar-refractivity contribution in [2.75, 3.05) is 18.5 Å². The van der Waals surface area contributed by atoms with Gasteiger partial charge in [-0.25, -0.2) is 4.99 Å². The molecule has 118 valence electrons. The summed E-state index contributed by atoms with van der Waals surface area (Å²) >= 11 is 0. The molecule has 5 nitrogen and oxygen atoms in total. The molecule has 6 heteroatoms. The van der Waals surface area contributed by atoms with E-state index >= 15 is 0 Å². The van der Waals surface area contributed by atoms with Crippen LogP contribution in [0.15, 0.2) is 53.8 Å². The van der Waals surface area contributed by atoms with Crippen LogP contribution >= 0.6 is 24.0 Å². The first-order chi connectivity index (χ1) is 10.3. The molecule has 0 atom stereocenters. The highest BCUT2D eigenvalue weighted by atomic mass is 127. The second-order valence-corrected chi connectivity index (χ2v) is 4.48. The molecule has 0 radical (unpaired) electrons. The van der Waals surface area contributed by atoms with E-state index in [1.807, 2.05) is 24.3 Å². The van der Waals surface area contributed by atoms with E-state index in [0.717, 1.165) is 17.9 Å². The van der Waals surface area contributed by atoms with Gasteiger partial charge < -0.3 is 15.8 Å². The molecule has 2 aromatic rings. The number of nitrogens with one attached hydrogen (secondary N) is 1. The number of pyridine rings is 1. The monoisotopic (exact) mass is 412 g/mol. The highest BCUT2D eigenvalue weighted by Crippen LogP contribution is 2.10. The summed E-state index contributed by atoms with van der Waals surface area (Å²) in [5.74, 6) is 1.12. The van der Waals surface area contributed by atoms with Crippen LogP contribution in [0.5, 0.6) is 5.75 Å². The molecular weight excluding hydrogens is 391 g/mol. The number of anilines is 1. The molecule has 2 rings (SSSR count). The number of aryl methyl sites for hydroxylation is 1. The molecule has 0 saturated carbocycles. The molecule has 1 aromatic heterocycles. The molecule has 0 fully saturated rings. The van der Waals surface area contributed by atoms with Crippen molar-refractivity contribution in [1.29, 1.82) is 0 Å². The van der Waals surface area contributed by atoms with Gasteiger partial charge in [-0.05, 0) is 36.2 Å². The topological polar surface area (TPSA) is 72.5 Å². The summed E-state index contributed by atoms with van der Waals surface area (Å²) in [7, 11) is 0. The van der Waals surface area contributed by atoms with E-state index in [2.05, 4.69) is 34.3 Å². The van der Waals surface area contributed by atoms with Crippen molar-refractivity contribution in [2.24, 2.45) is 10.7 Å². The first-order valence-corrected chi connectivity index (χ1v) is 6.96. The fourth-order valence-electron chi connectivity index (χ4n) is 1.82. The van der Waals surface area contributed by atoms with Crippen molar-refractivity contribution in [3.63, 3.8) is 0 Å². The third-order valence-corrected chi connectivity index (χ3v) is 2.88. The van der Waals surface area contributed by atoms with Crippen LogP contribution in [0.4, 0.5) is 5.69 Å². The van der Waals surface area contributed by atoms with Gasteiger partial charge in [0.25, 0.3) is 0 Å². The molecule has 0 saturated heterocycles. The first-order valence-electron chi connectivity index (χ1n) is 6.96. The normalized spacial score (nSPS) is 10.7. The second kappa shape index (κ2) is 9.99. The largest absolute Gasteiger partial charge is 0.490 e. The first kappa shape index (κ1) is 18.2. The fourth-order valence-corrected chi connectivity index (χ4v) is 1.82. The lowest BCUT2D eigenvalue weighted by Gasteiger charge is -2.07. The van der Waals surface area contributed by atoms with Gasteiger partial charge in [0.2, 0.25) is 0 Å². The summed E-state index contributed by atoms with van der Waals surface area (Å²) in [5.41, 5.74) is 8.05. The van der Waals surface area contributed by atoms with Gasteiger partial charge in [0.15, 0.2) is 5.96 Å². The summed E-state index contributed by atoms with van der Waals surface area (Å²) in [6, 6.07) is 11.8. The lowest BCUT2D eigenvalue weighted by molar-refractivity contribution is 0.327. The highest BCUT2D eigenvalue weighted by Gasteiger charge is 1.97. The van der Waals surface area contributed by atoms with Crippen molar-refractivity contribution >= 4 is 35.6 Å². The quantitative estimate of drug-likeness (QED) is 0.331. The minimum atomic E-state index is 0. The lowest BCUT2D eigenvalue weighted by Crippen LogP contribution is -2.23. The van der Waals surface area contributed by atoms with Gasteiger partial charge in [-0.3, -0.25) is 4.98 Å². The number of benzene rings is 1. The minimum absolute atomic E-state index is 0. The third-order valence-electron chi connectivity index (χ3n) is 2.88. The van der Waals surface area contributed by atoms with Gasteiger partial charge in [-0.15, -0.1) is 24.0 Å². The van der Waals surface area contributed by atoms with Gasteiger partial charge in [-0.2, -0.15) is 0 Å². The molecule has 1 aromatic carbocycles. The number of halogens is 1. The Bertz CT molecular complexity index is 590. The smallest absolute Gasteiger partial charge is 0.193 e. The number of nitrogens with zero attached hydrogens (tertiary/aromatic N) is 2. The molecule has 0 aliphatic heterocycles. The molecule has 0 aliphatic carbocycles. The van der Waals surface area contributed by atoms with Crippen molar-refractivity contribution in [3.05, 3.63) is 54.4 Å². The van der Waals surface area contributed by atoms with Gasteiger partial charge in [0.05, 0.1) is 12.7 Å². The highest BCUT2D eigenvalue weighted by molar-refractivity contribution is 14.0. The predicted molar refractivity (Wildman–Crippen MR) is 101 cm³/mol. The Morgan fingerprint density at radius 2 is 2.18 bits per heavy atom. The van der Waals surface area contributed by atoms with Crippen LogP contribution in [-0.2, 0) is 6.42 Å². The Labute approximate surface area is 148 Å². The molecule has 1 heterocycles. The van der Waals surface area contributed by atoms with Crippen LogP contribution in [0.25, 0.3) is 0 Å². The van der Waals surface area contributed by atoms with E-state index in [0.29, 0.717) is 19.1 Å². The molecule has 0 aliphatic rings. The third kappa shape index (κ3) is 6.30. The van der Waals surface area contributed by atoms with Crippen LogP contribution in [-0.4, -0.2) is 24.1 Å². The van der Waals surface area contributed by atoms with Crippen molar-refractivity contribution in [3.8, 4) is 5.75 Å². The molecule has 22 heavy (non-hydrogen) atoms. The second-order valence-electron chi connectivity index (χ2n) is 4.48. The average Bonchev–Trinajstić information content (AvgIpc) is 2.53. The Kier molecular flexibility index (Phi) is 8.27. The van der Waals surface area contributed by atoms with Crippen LogP contribution in [0.1, 0.15) is 12.5 Å². The van der Waals surface area contributed by atoms with Gasteiger partial charge in [0, 0.05) is 11.9 Å². The summed E-state index contributed by atoms with van der Waals surface area (Å²) in [6.45, 7) is 3.07. The van der Waals surface area contributed by atoms with E-state index in [1.54, 1.807) is 12.4 Å². The van der Waals surface area contributed by atoms with Crippen LogP contribution in [0.2, 0.25) is 0 Å². The average molecular weight is 412 g/mol. The zero-order valence-corrected chi connectivity index (χ0v) is 14.9. The van der Waals surface area contributed by atoms with E-state index in [-0.39, 0.29) is 24.0 Å². The number of rotatable bonds is 6. The van der Waals surface area contributed by atoms with Crippen LogP contribution < -0.4 is 15.8 Å².